The largest absolute Gasteiger partial charge is 0.384 e. The van der Waals surface area contributed by atoms with Crippen molar-refractivity contribution >= 4 is 17.2 Å². The van der Waals surface area contributed by atoms with Crippen molar-refractivity contribution < 1.29 is 9.90 Å². The van der Waals surface area contributed by atoms with Crippen LogP contribution in [0, 0.1) is 11.8 Å². The Morgan fingerprint density at radius 2 is 2.40 bits per heavy atom. The van der Waals surface area contributed by atoms with Crippen LogP contribution in [-0.4, -0.2) is 60.6 Å². The summed E-state index contributed by atoms with van der Waals surface area (Å²) >= 11 is 1.43. The van der Waals surface area contributed by atoms with Crippen LogP contribution in [0.25, 0.3) is 0 Å². The van der Waals surface area contributed by atoms with Crippen molar-refractivity contribution in [2.75, 3.05) is 33.8 Å². The molecular formula is C15H20N2O2S. The van der Waals surface area contributed by atoms with Crippen molar-refractivity contribution in [3.05, 3.63) is 21.9 Å². The number of carbonyl (C=O) groups is 1. The normalized spacial score (nSPS) is 18.2. The molecule has 4 nitrogen and oxygen atoms in total. The first-order chi connectivity index (χ1) is 9.63. The molecule has 0 aliphatic carbocycles. The Balaban J connectivity index is 2.16. The summed E-state index contributed by atoms with van der Waals surface area (Å²) in [6.07, 6.45) is 2.13. The molecule has 20 heavy (non-hydrogen) atoms. The van der Waals surface area contributed by atoms with Gasteiger partial charge in [0.2, 0.25) is 0 Å². The number of carbonyl (C=O) groups excluding carboxylic acids is 1. The first-order valence-corrected chi connectivity index (χ1v) is 7.64. The smallest absolute Gasteiger partial charge is 0.265 e. The third kappa shape index (κ3) is 3.40. The highest BCUT2D eigenvalue weighted by Gasteiger charge is 2.31. The van der Waals surface area contributed by atoms with Gasteiger partial charge in [0.05, 0.1) is 0 Å². The lowest BCUT2D eigenvalue weighted by molar-refractivity contribution is 0.0721. The fourth-order valence-electron chi connectivity index (χ4n) is 2.55. The summed E-state index contributed by atoms with van der Waals surface area (Å²) in [5.74, 6) is 5.54. The zero-order chi connectivity index (χ0) is 14.5. The van der Waals surface area contributed by atoms with Crippen LogP contribution in [0.1, 0.15) is 28.1 Å². The maximum absolute atomic E-state index is 12.7. The van der Waals surface area contributed by atoms with Crippen molar-refractivity contribution in [2.45, 2.75) is 18.9 Å². The van der Waals surface area contributed by atoms with Gasteiger partial charge in [-0.1, -0.05) is 11.8 Å². The number of aliphatic hydroxyl groups excluding tert-OH is 1. The van der Waals surface area contributed by atoms with Gasteiger partial charge in [-0.25, -0.2) is 0 Å². The quantitative estimate of drug-likeness (QED) is 0.853. The molecule has 0 spiro atoms. The summed E-state index contributed by atoms with van der Waals surface area (Å²) in [4.78, 5) is 17.5. The molecule has 1 fully saturated rings. The predicted octanol–water partition coefficient (Wildman–Crippen LogP) is 1.26. The van der Waals surface area contributed by atoms with Gasteiger partial charge in [-0.2, -0.15) is 0 Å². The molecule has 1 unspecified atom stereocenters. The van der Waals surface area contributed by atoms with Crippen molar-refractivity contribution in [1.82, 2.24) is 9.80 Å². The number of likely N-dealkylation sites (tertiary alicyclic amines) is 1. The maximum Gasteiger partial charge on any atom is 0.265 e. The second kappa shape index (κ2) is 6.89. The number of rotatable bonds is 3. The third-order valence-electron chi connectivity index (χ3n) is 3.38. The molecule has 1 aromatic rings. The molecule has 108 valence electrons. The van der Waals surface area contributed by atoms with Crippen LogP contribution >= 0.6 is 11.3 Å². The van der Waals surface area contributed by atoms with E-state index in [0.717, 1.165) is 31.5 Å². The number of likely N-dealkylation sites (N-methyl/N-ethyl adjacent to an activating group) is 1. The van der Waals surface area contributed by atoms with Gasteiger partial charge in [-0.05, 0) is 38.4 Å². The standard InChI is InChI=1S/C15H20N2O2S/c1-16(2)11-13-6-3-8-17(13)15(19)14-12(5-4-9-18)7-10-20-14/h7,10,13,18H,3,6,8-9,11H2,1-2H3. The first-order valence-electron chi connectivity index (χ1n) is 6.76. The molecule has 5 heteroatoms. The Morgan fingerprint density at radius 3 is 3.10 bits per heavy atom. The fourth-order valence-corrected chi connectivity index (χ4v) is 3.36. The monoisotopic (exact) mass is 292 g/mol. The second-order valence-electron chi connectivity index (χ2n) is 5.18. The van der Waals surface area contributed by atoms with Gasteiger partial charge in [-0.15, -0.1) is 11.3 Å². The molecule has 1 N–H and O–H groups in total. The van der Waals surface area contributed by atoms with Crippen LogP contribution in [0.2, 0.25) is 0 Å². The predicted molar refractivity (Wildman–Crippen MR) is 80.9 cm³/mol. The molecular weight excluding hydrogens is 272 g/mol. The number of nitrogens with zero attached hydrogens (tertiary/aromatic N) is 2. The van der Waals surface area contributed by atoms with Crippen LogP contribution < -0.4 is 0 Å². The van der Waals surface area contributed by atoms with E-state index in [2.05, 4.69) is 16.7 Å². The van der Waals surface area contributed by atoms with Crippen LogP contribution in [0.3, 0.4) is 0 Å². The minimum absolute atomic E-state index is 0.0755. The van der Waals surface area contributed by atoms with Gasteiger partial charge in [0, 0.05) is 24.7 Å². The van der Waals surface area contributed by atoms with E-state index < -0.39 is 0 Å². The highest BCUT2D eigenvalue weighted by Crippen LogP contribution is 2.24. The first kappa shape index (κ1) is 15.0. The van der Waals surface area contributed by atoms with Gasteiger partial charge in [0.25, 0.3) is 5.91 Å². The molecule has 1 atom stereocenters. The number of hydrogen-bond donors (Lipinski definition) is 1. The van der Waals surface area contributed by atoms with Crippen LogP contribution in [0.15, 0.2) is 11.4 Å². The average Bonchev–Trinajstić information content (AvgIpc) is 3.03. The molecule has 2 heterocycles. The summed E-state index contributed by atoms with van der Waals surface area (Å²) in [5.41, 5.74) is 0.726. The minimum atomic E-state index is -0.184. The highest BCUT2D eigenvalue weighted by atomic mass is 32.1. The Bertz CT molecular complexity index is 527. The average molecular weight is 292 g/mol. The van der Waals surface area contributed by atoms with Crippen LogP contribution in [0.4, 0.5) is 0 Å². The van der Waals surface area contributed by atoms with E-state index in [-0.39, 0.29) is 12.5 Å². The SMILES string of the molecule is CN(C)CC1CCCN1C(=O)c1sccc1C#CCO. The summed E-state index contributed by atoms with van der Waals surface area (Å²) < 4.78 is 0. The third-order valence-corrected chi connectivity index (χ3v) is 4.28. The zero-order valence-electron chi connectivity index (χ0n) is 11.9. The van der Waals surface area contributed by atoms with E-state index in [9.17, 15) is 4.79 Å². The van der Waals surface area contributed by atoms with Crippen LogP contribution in [0.5, 0.6) is 0 Å². The molecule has 0 aromatic carbocycles. The van der Waals surface area contributed by atoms with E-state index in [1.165, 1.54) is 11.3 Å². The van der Waals surface area contributed by atoms with Crippen molar-refractivity contribution in [1.29, 1.82) is 0 Å². The molecule has 2 rings (SSSR count). The Labute approximate surface area is 124 Å². The van der Waals surface area contributed by atoms with Gasteiger partial charge < -0.3 is 14.9 Å². The van der Waals surface area contributed by atoms with E-state index in [0.29, 0.717) is 10.9 Å². The van der Waals surface area contributed by atoms with E-state index in [1.54, 1.807) is 0 Å². The summed E-state index contributed by atoms with van der Waals surface area (Å²) in [6.45, 7) is 1.54. The van der Waals surface area contributed by atoms with Crippen molar-refractivity contribution in [3.8, 4) is 11.8 Å². The molecule has 1 aliphatic rings. The molecule has 0 bridgehead atoms. The molecule has 0 radical (unpaired) electrons. The summed E-state index contributed by atoms with van der Waals surface area (Å²) in [6, 6.07) is 2.13. The van der Waals surface area contributed by atoms with Gasteiger partial charge >= 0.3 is 0 Å². The van der Waals surface area contributed by atoms with E-state index in [1.807, 2.05) is 30.4 Å². The Kier molecular flexibility index (Phi) is 5.18. The lowest BCUT2D eigenvalue weighted by Crippen LogP contribution is -2.41. The summed E-state index contributed by atoms with van der Waals surface area (Å²) in [7, 11) is 4.06. The van der Waals surface area contributed by atoms with Crippen molar-refractivity contribution in [2.24, 2.45) is 0 Å². The maximum atomic E-state index is 12.7. The zero-order valence-corrected chi connectivity index (χ0v) is 12.7. The number of thiophene rings is 1. The van der Waals surface area contributed by atoms with Crippen LogP contribution in [-0.2, 0) is 0 Å². The molecule has 1 saturated heterocycles. The minimum Gasteiger partial charge on any atom is -0.384 e. The Hall–Kier alpha value is -1.35. The molecule has 1 amide bonds. The lowest BCUT2D eigenvalue weighted by Gasteiger charge is -2.26. The number of aliphatic hydroxyl groups is 1. The topological polar surface area (TPSA) is 43.8 Å². The van der Waals surface area contributed by atoms with Gasteiger partial charge in [-0.3, -0.25) is 4.79 Å². The molecule has 1 aliphatic heterocycles. The molecule has 1 aromatic heterocycles. The van der Waals surface area contributed by atoms with Crippen molar-refractivity contribution in [3.63, 3.8) is 0 Å². The number of amides is 1. The van der Waals surface area contributed by atoms with E-state index >= 15 is 0 Å². The summed E-state index contributed by atoms with van der Waals surface area (Å²) in [5, 5.41) is 10.7. The van der Waals surface area contributed by atoms with Gasteiger partial charge in [0.1, 0.15) is 11.5 Å². The lowest BCUT2D eigenvalue weighted by atomic mass is 10.2. The Morgan fingerprint density at radius 1 is 1.60 bits per heavy atom. The van der Waals surface area contributed by atoms with Gasteiger partial charge in [0.15, 0.2) is 0 Å². The fraction of sp³-hybridized carbons (Fsp3) is 0.533. The van der Waals surface area contributed by atoms with E-state index in [4.69, 9.17) is 5.11 Å². The highest BCUT2D eigenvalue weighted by molar-refractivity contribution is 7.12. The number of hydrogen-bond acceptors (Lipinski definition) is 4. The second-order valence-corrected chi connectivity index (χ2v) is 6.10. The molecule has 0 saturated carbocycles.